The second kappa shape index (κ2) is 6.32. The van der Waals surface area contributed by atoms with Gasteiger partial charge in [-0.2, -0.15) is 0 Å². The van der Waals surface area contributed by atoms with E-state index in [0.717, 1.165) is 26.2 Å². The van der Waals surface area contributed by atoms with E-state index in [1.807, 2.05) is 13.8 Å². The summed E-state index contributed by atoms with van der Waals surface area (Å²) in [6.07, 6.45) is 0.513. The van der Waals surface area contributed by atoms with E-state index in [2.05, 4.69) is 15.5 Å². The van der Waals surface area contributed by atoms with Gasteiger partial charge in [0.05, 0.1) is 6.04 Å². The molecule has 2 N–H and O–H groups in total. The molecule has 7 heteroatoms. The molecule has 112 valence electrons. The van der Waals surface area contributed by atoms with Crippen LogP contribution in [0, 0.1) is 0 Å². The molecule has 7 nitrogen and oxygen atoms in total. The Labute approximate surface area is 118 Å². The van der Waals surface area contributed by atoms with E-state index in [1.54, 1.807) is 0 Å². The molecule has 3 amide bonds. The maximum absolute atomic E-state index is 12.6. The topological polar surface area (TPSA) is 81.8 Å². The quantitative estimate of drug-likeness (QED) is 0.619. The van der Waals surface area contributed by atoms with E-state index in [1.165, 1.54) is 4.90 Å². The predicted molar refractivity (Wildman–Crippen MR) is 72.8 cm³/mol. The Morgan fingerprint density at radius 1 is 1.35 bits per heavy atom. The molecule has 2 rings (SSSR count). The normalized spacial score (nSPS) is 26.3. The number of hydrogen-bond donors (Lipinski definition) is 2. The molecule has 20 heavy (non-hydrogen) atoms. The Morgan fingerprint density at radius 2 is 2.00 bits per heavy atom. The summed E-state index contributed by atoms with van der Waals surface area (Å²) in [4.78, 5) is 39.4. The highest BCUT2D eigenvalue weighted by Crippen LogP contribution is 2.14. The highest BCUT2D eigenvalue weighted by atomic mass is 16.2. The van der Waals surface area contributed by atoms with E-state index < -0.39 is 11.9 Å². The Hall–Kier alpha value is -1.47. The molecule has 2 heterocycles. The van der Waals surface area contributed by atoms with E-state index in [4.69, 9.17) is 0 Å². The van der Waals surface area contributed by atoms with Crippen LogP contribution in [0.1, 0.15) is 20.3 Å². The second-order valence-corrected chi connectivity index (χ2v) is 5.26. The number of carbonyl (C=O) groups excluding carboxylic acids is 3. The van der Waals surface area contributed by atoms with Crippen LogP contribution in [0.3, 0.4) is 0 Å². The smallest absolute Gasteiger partial charge is 0.249 e. The highest BCUT2D eigenvalue weighted by molar-refractivity contribution is 6.04. The Morgan fingerprint density at radius 3 is 2.60 bits per heavy atom. The molecule has 2 saturated heterocycles. The fourth-order valence-corrected chi connectivity index (χ4v) is 2.77. The molecule has 2 unspecified atom stereocenters. The molecule has 0 saturated carbocycles. The van der Waals surface area contributed by atoms with E-state index >= 15 is 0 Å². The number of imide groups is 1. The van der Waals surface area contributed by atoms with Crippen LogP contribution >= 0.6 is 0 Å². The molecule has 0 bridgehead atoms. The predicted octanol–water partition coefficient (Wildman–Crippen LogP) is -1.46. The lowest BCUT2D eigenvalue weighted by atomic mass is 10.1. The minimum Gasteiger partial charge on any atom is -0.320 e. The van der Waals surface area contributed by atoms with Crippen molar-refractivity contribution >= 4 is 17.7 Å². The van der Waals surface area contributed by atoms with Crippen LogP contribution in [0.5, 0.6) is 0 Å². The second-order valence-electron chi connectivity index (χ2n) is 5.26. The third-order valence-corrected chi connectivity index (χ3v) is 3.98. The van der Waals surface area contributed by atoms with Gasteiger partial charge in [0.2, 0.25) is 17.7 Å². The molecule has 2 fully saturated rings. The van der Waals surface area contributed by atoms with Gasteiger partial charge in [-0.1, -0.05) is 6.92 Å². The number of nitrogens with one attached hydrogen (secondary N) is 2. The Kier molecular flexibility index (Phi) is 4.72. The monoisotopic (exact) mass is 282 g/mol. The maximum atomic E-state index is 12.6. The summed E-state index contributed by atoms with van der Waals surface area (Å²) in [5, 5.41) is 5.53. The lowest BCUT2D eigenvalue weighted by molar-refractivity contribution is -0.152. The van der Waals surface area contributed by atoms with Crippen molar-refractivity contribution < 1.29 is 14.4 Å². The number of piperazine rings is 2. The number of hydrogen-bond acceptors (Lipinski definition) is 5. The summed E-state index contributed by atoms with van der Waals surface area (Å²) >= 11 is 0. The van der Waals surface area contributed by atoms with E-state index in [0.29, 0.717) is 6.42 Å². The zero-order chi connectivity index (χ0) is 14.7. The first-order valence-electron chi connectivity index (χ1n) is 7.13. The lowest BCUT2D eigenvalue weighted by Gasteiger charge is -2.39. The molecule has 0 spiro atoms. The minimum atomic E-state index is -0.537. The van der Waals surface area contributed by atoms with Crippen LogP contribution in [-0.2, 0) is 14.4 Å². The zero-order valence-corrected chi connectivity index (χ0v) is 12.0. The van der Waals surface area contributed by atoms with Crippen LogP contribution in [0.25, 0.3) is 0 Å². The molecule has 0 aromatic carbocycles. The van der Waals surface area contributed by atoms with E-state index in [-0.39, 0.29) is 24.4 Å². The van der Waals surface area contributed by atoms with Crippen LogP contribution in [0.4, 0.5) is 0 Å². The van der Waals surface area contributed by atoms with Crippen molar-refractivity contribution in [1.82, 2.24) is 20.4 Å². The summed E-state index contributed by atoms with van der Waals surface area (Å²) < 4.78 is 0. The average Bonchev–Trinajstić information content (AvgIpc) is 2.46. The molecule has 2 aliphatic rings. The lowest BCUT2D eigenvalue weighted by Crippen LogP contribution is -2.63. The highest BCUT2D eigenvalue weighted by Gasteiger charge is 2.38. The SMILES string of the molecule is CCC1C(=O)NC(=O)CN1C(=O)C(C)N1CCNCC1. The molecule has 0 aromatic heterocycles. The summed E-state index contributed by atoms with van der Waals surface area (Å²) in [6.45, 7) is 6.98. The van der Waals surface area contributed by atoms with Crippen molar-refractivity contribution in [2.75, 3.05) is 32.7 Å². The van der Waals surface area contributed by atoms with Gasteiger partial charge in [-0.3, -0.25) is 24.6 Å². The molecule has 0 aromatic rings. The van der Waals surface area contributed by atoms with E-state index in [9.17, 15) is 14.4 Å². The summed E-state index contributed by atoms with van der Waals surface area (Å²) in [6, 6.07) is -0.838. The van der Waals surface area contributed by atoms with Crippen LogP contribution in [0.2, 0.25) is 0 Å². The summed E-state index contributed by atoms with van der Waals surface area (Å²) in [5.74, 6) is -0.910. The standard InChI is InChI=1S/C13H22N4O3/c1-3-10-12(19)15-11(18)8-17(10)13(20)9(2)16-6-4-14-5-7-16/h9-10,14H,3-8H2,1-2H3,(H,15,18,19). The third-order valence-electron chi connectivity index (χ3n) is 3.98. The van der Waals surface area contributed by atoms with Gasteiger partial charge in [0, 0.05) is 26.2 Å². The van der Waals surface area contributed by atoms with Gasteiger partial charge < -0.3 is 10.2 Å². The van der Waals surface area contributed by atoms with Crippen LogP contribution < -0.4 is 10.6 Å². The number of nitrogens with zero attached hydrogens (tertiary/aromatic N) is 2. The van der Waals surface area contributed by atoms with Gasteiger partial charge in [0.25, 0.3) is 0 Å². The number of rotatable bonds is 3. The number of carbonyl (C=O) groups is 3. The van der Waals surface area contributed by atoms with Crippen molar-refractivity contribution in [1.29, 1.82) is 0 Å². The molecule has 0 aliphatic carbocycles. The first-order chi connectivity index (χ1) is 9.54. The first kappa shape index (κ1) is 14.9. The van der Waals surface area contributed by atoms with Gasteiger partial charge in [0.15, 0.2) is 0 Å². The van der Waals surface area contributed by atoms with Gasteiger partial charge >= 0.3 is 0 Å². The molecule has 2 atom stereocenters. The third kappa shape index (κ3) is 2.99. The van der Waals surface area contributed by atoms with Crippen molar-refractivity contribution in [3.05, 3.63) is 0 Å². The Bertz CT molecular complexity index is 406. The van der Waals surface area contributed by atoms with Gasteiger partial charge in [-0.25, -0.2) is 0 Å². The van der Waals surface area contributed by atoms with Crippen molar-refractivity contribution in [3.63, 3.8) is 0 Å². The summed E-state index contributed by atoms with van der Waals surface area (Å²) in [5.41, 5.74) is 0. The molecular weight excluding hydrogens is 260 g/mol. The van der Waals surface area contributed by atoms with Gasteiger partial charge in [-0.15, -0.1) is 0 Å². The largest absolute Gasteiger partial charge is 0.320 e. The fourth-order valence-electron chi connectivity index (χ4n) is 2.77. The van der Waals surface area contributed by atoms with Crippen molar-refractivity contribution in [2.24, 2.45) is 0 Å². The molecular formula is C13H22N4O3. The van der Waals surface area contributed by atoms with Gasteiger partial charge in [-0.05, 0) is 13.3 Å². The van der Waals surface area contributed by atoms with Crippen LogP contribution in [0.15, 0.2) is 0 Å². The first-order valence-corrected chi connectivity index (χ1v) is 7.13. The number of amides is 3. The van der Waals surface area contributed by atoms with Crippen molar-refractivity contribution in [3.8, 4) is 0 Å². The fraction of sp³-hybridized carbons (Fsp3) is 0.769. The maximum Gasteiger partial charge on any atom is 0.249 e. The average molecular weight is 282 g/mol. The summed E-state index contributed by atoms with van der Waals surface area (Å²) in [7, 11) is 0. The minimum absolute atomic E-state index is 0.0283. The van der Waals surface area contributed by atoms with Crippen molar-refractivity contribution in [2.45, 2.75) is 32.4 Å². The zero-order valence-electron chi connectivity index (χ0n) is 12.0. The Balaban J connectivity index is 2.08. The molecule has 0 radical (unpaired) electrons. The molecule has 2 aliphatic heterocycles. The van der Waals surface area contributed by atoms with Gasteiger partial charge in [0.1, 0.15) is 12.6 Å². The van der Waals surface area contributed by atoms with Crippen LogP contribution in [-0.4, -0.2) is 72.3 Å².